The summed E-state index contributed by atoms with van der Waals surface area (Å²) in [7, 11) is 0. The van der Waals surface area contributed by atoms with E-state index in [0.717, 1.165) is 11.1 Å². The summed E-state index contributed by atoms with van der Waals surface area (Å²) in [5, 5.41) is 12.7. The average Bonchev–Trinajstić information content (AvgIpc) is 2.77. The van der Waals surface area contributed by atoms with Crippen LogP contribution < -0.4 is 10.1 Å². The molecule has 3 rings (SSSR count). The van der Waals surface area contributed by atoms with Crippen LogP contribution in [-0.4, -0.2) is 12.5 Å². The number of hydrogen-bond acceptors (Lipinski definition) is 3. The highest BCUT2D eigenvalue weighted by molar-refractivity contribution is 6.31. The molecule has 0 aliphatic carbocycles. The van der Waals surface area contributed by atoms with Crippen LogP contribution in [-0.2, 0) is 11.2 Å². The second-order valence-corrected chi connectivity index (χ2v) is 8.03. The number of anilines is 1. The molecule has 3 aromatic carbocycles. The van der Waals surface area contributed by atoms with Crippen molar-refractivity contribution >= 4 is 29.3 Å². The Labute approximate surface area is 198 Å². The van der Waals surface area contributed by atoms with Gasteiger partial charge >= 0.3 is 0 Å². The van der Waals surface area contributed by atoms with Crippen molar-refractivity contribution in [2.75, 3.05) is 11.9 Å². The fraction of sp³-hybridized carbons (Fsp3) is 0.185. The highest BCUT2D eigenvalue weighted by atomic mass is 35.5. The lowest BCUT2D eigenvalue weighted by Gasteiger charge is -2.14. The van der Waals surface area contributed by atoms with Crippen molar-refractivity contribution in [3.8, 4) is 11.8 Å². The number of carbonyl (C=O) groups is 1. The molecule has 0 aliphatic rings. The molecular weight excluding hydrogens is 439 g/mol. The van der Waals surface area contributed by atoms with E-state index < -0.39 is 5.91 Å². The molecule has 0 fully saturated rings. The molecule has 0 atom stereocenters. The molecule has 0 bridgehead atoms. The van der Waals surface area contributed by atoms with Gasteiger partial charge in [0.2, 0.25) is 0 Å². The van der Waals surface area contributed by atoms with E-state index in [-0.39, 0.29) is 17.8 Å². The summed E-state index contributed by atoms with van der Waals surface area (Å²) in [4.78, 5) is 12.7. The predicted octanol–water partition coefficient (Wildman–Crippen LogP) is 6.63. The smallest absolute Gasteiger partial charge is 0.266 e. The summed E-state index contributed by atoms with van der Waals surface area (Å²) < 4.78 is 19.9. The van der Waals surface area contributed by atoms with Gasteiger partial charge in [0.05, 0.1) is 6.61 Å². The highest BCUT2D eigenvalue weighted by Crippen LogP contribution is 2.32. The molecule has 0 aliphatic heterocycles. The normalized spacial score (nSPS) is 11.1. The Bertz CT molecular complexity index is 1260. The van der Waals surface area contributed by atoms with Crippen LogP contribution in [0.2, 0.25) is 5.02 Å². The predicted molar refractivity (Wildman–Crippen MR) is 130 cm³/mol. The maximum atomic E-state index is 14.2. The van der Waals surface area contributed by atoms with Crippen molar-refractivity contribution in [1.82, 2.24) is 0 Å². The summed E-state index contributed by atoms with van der Waals surface area (Å²) in [6, 6.07) is 17.4. The molecule has 6 heteroatoms. The van der Waals surface area contributed by atoms with Crippen molar-refractivity contribution in [2.24, 2.45) is 0 Å². The van der Waals surface area contributed by atoms with Gasteiger partial charge in [-0.05, 0) is 67.8 Å². The molecule has 0 aromatic heterocycles. The first-order chi connectivity index (χ1) is 15.8. The van der Waals surface area contributed by atoms with Gasteiger partial charge in [0.25, 0.3) is 5.91 Å². The number of nitrogens with one attached hydrogen (secondary N) is 1. The fourth-order valence-electron chi connectivity index (χ4n) is 3.46. The Balaban J connectivity index is 1.93. The Morgan fingerprint density at radius 1 is 1.18 bits per heavy atom. The van der Waals surface area contributed by atoms with Crippen molar-refractivity contribution in [2.45, 2.75) is 27.2 Å². The third kappa shape index (κ3) is 6.00. The fourth-order valence-corrected chi connectivity index (χ4v) is 3.75. The van der Waals surface area contributed by atoms with Crippen LogP contribution in [0.1, 0.15) is 34.7 Å². The van der Waals surface area contributed by atoms with Crippen LogP contribution in [0.15, 0.2) is 60.2 Å². The van der Waals surface area contributed by atoms with Crippen LogP contribution >= 0.6 is 11.6 Å². The Morgan fingerprint density at radius 3 is 2.61 bits per heavy atom. The first kappa shape index (κ1) is 24.0. The van der Waals surface area contributed by atoms with Gasteiger partial charge in [-0.2, -0.15) is 5.26 Å². The molecule has 0 radical (unpaired) electrons. The number of benzene rings is 3. The van der Waals surface area contributed by atoms with Crippen LogP contribution in [0.5, 0.6) is 5.75 Å². The van der Waals surface area contributed by atoms with Crippen LogP contribution in [0.25, 0.3) is 6.08 Å². The molecule has 168 valence electrons. The highest BCUT2D eigenvalue weighted by Gasteiger charge is 2.16. The average molecular weight is 463 g/mol. The van der Waals surface area contributed by atoms with Crippen molar-refractivity contribution in [3.63, 3.8) is 0 Å². The molecule has 0 saturated heterocycles. The zero-order chi connectivity index (χ0) is 24.0. The molecule has 3 aromatic rings. The van der Waals surface area contributed by atoms with Gasteiger partial charge < -0.3 is 10.1 Å². The van der Waals surface area contributed by atoms with Gasteiger partial charge in [-0.1, -0.05) is 47.5 Å². The minimum Gasteiger partial charge on any atom is -0.494 e. The molecule has 4 nitrogen and oxygen atoms in total. The van der Waals surface area contributed by atoms with Gasteiger partial charge in [-0.3, -0.25) is 4.79 Å². The quantitative estimate of drug-likeness (QED) is 0.316. The van der Waals surface area contributed by atoms with Crippen molar-refractivity contribution < 1.29 is 13.9 Å². The zero-order valence-electron chi connectivity index (χ0n) is 18.7. The van der Waals surface area contributed by atoms with Gasteiger partial charge in [-0.15, -0.1) is 0 Å². The number of rotatable bonds is 7. The summed E-state index contributed by atoms with van der Waals surface area (Å²) in [6.07, 6.45) is 1.71. The molecule has 1 N–H and O–H groups in total. The van der Waals surface area contributed by atoms with E-state index in [1.165, 1.54) is 12.1 Å². The van der Waals surface area contributed by atoms with Crippen LogP contribution in [0.4, 0.5) is 10.1 Å². The Kier molecular flexibility index (Phi) is 7.87. The molecule has 0 spiro atoms. The number of ether oxygens (including phenoxy) is 1. The van der Waals surface area contributed by atoms with Gasteiger partial charge in [-0.25, -0.2) is 4.39 Å². The maximum absolute atomic E-state index is 14.2. The van der Waals surface area contributed by atoms with Crippen LogP contribution in [0.3, 0.4) is 0 Å². The van der Waals surface area contributed by atoms with E-state index in [4.69, 9.17) is 16.3 Å². The SMILES string of the molecule is CCOc1cc(/C=C(\C#N)C(=O)Nc2ccc(C)cc2C)cc(Cl)c1Cc1ccccc1F. The second-order valence-electron chi connectivity index (χ2n) is 7.62. The second kappa shape index (κ2) is 10.8. The number of halogens is 2. The van der Waals surface area contributed by atoms with Crippen molar-refractivity contribution in [1.29, 1.82) is 5.26 Å². The van der Waals surface area contributed by atoms with E-state index in [0.29, 0.717) is 39.8 Å². The lowest BCUT2D eigenvalue weighted by atomic mass is 10.0. The monoisotopic (exact) mass is 462 g/mol. The molecule has 1 amide bonds. The number of carbonyl (C=O) groups excluding carboxylic acids is 1. The molecule has 0 heterocycles. The first-order valence-corrected chi connectivity index (χ1v) is 10.9. The topological polar surface area (TPSA) is 62.1 Å². The zero-order valence-corrected chi connectivity index (χ0v) is 19.5. The van der Waals surface area contributed by atoms with Crippen molar-refractivity contribution in [3.05, 3.63) is 98.8 Å². The van der Waals surface area contributed by atoms with E-state index >= 15 is 0 Å². The standard InChI is InChI=1S/C27H24ClFN2O2/c1-4-33-26-14-19(13-23(28)22(26)15-20-7-5-6-8-24(20)29)12-21(16-30)27(32)31-25-10-9-17(2)11-18(25)3/h5-14H,4,15H2,1-3H3,(H,31,32)/b21-12+. The summed E-state index contributed by atoms with van der Waals surface area (Å²) in [6.45, 7) is 6.07. The number of amides is 1. The molecule has 33 heavy (non-hydrogen) atoms. The number of hydrogen-bond donors (Lipinski definition) is 1. The largest absolute Gasteiger partial charge is 0.494 e. The third-order valence-corrected chi connectivity index (χ3v) is 5.45. The van der Waals surface area contributed by atoms with E-state index in [1.807, 2.05) is 39.0 Å². The summed E-state index contributed by atoms with van der Waals surface area (Å²) in [5.41, 5.74) is 4.21. The molecule has 0 saturated carbocycles. The van der Waals surface area contributed by atoms with Gasteiger partial charge in [0.15, 0.2) is 0 Å². The lowest BCUT2D eigenvalue weighted by molar-refractivity contribution is -0.112. The number of nitriles is 1. The van der Waals surface area contributed by atoms with E-state index in [2.05, 4.69) is 5.32 Å². The van der Waals surface area contributed by atoms with Crippen LogP contribution in [0, 0.1) is 31.0 Å². The van der Waals surface area contributed by atoms with Gasteiger partial charge in [0, 0.05) is 22.7 Å². The molecular formula is C27H24ClFN2O2. The summed E-state index contributed by atoms with van der Waals surface area (Å²) >= 11 is 6.53. The molecule has 0 unspecified atom stereocenters. The minimum atomic E-state index is -0.519. The third-order valence-electron chi connectivity index (χ3n) is 5.11. The minimum absolute atomic E-state index is 0.0738. The van der Waals surface area contributed by atoms with E-state index in [1.54, 1.807) is 36.4 Å². The Morgan fingerprint density at radius 2 is 1.94 bits per heavy atom. The maximum Gasteiger partial charge on any atom is 0.266 e. The number of nitrogens with zero attached hydrogens (tertiary/aromatic N) is 1. The van der Waals surface area contributed by atoms with Gasteiger partial charge in [0.1, 0.15) is 23.2 Å². The lowest BCUT2D eigenvalue weighted by Crippen LogP contribution is -2.14. The Hall–Kier alpha value is -3.62. The first-order valence-electron chi connectivity index (χ1n) is 10.5. The summed E-state index contributed by atoms with van der Waals surface area (Å²) in [5.74, 6) is -0.365. The van der Waals surface area contributed by atoms with E-state index in [9.17, 15) is 14.4 Å². The number of aryl methyl sites for hydroxylation is 2.